The Bertz CT molecular complexity index is 446. The molecule has 0 fully saturated rings. The minimum absolute atomic E-state index is 0.0312. The van der Waals surface area contributed by atoms with Gasteiger partial charge in [0.1, 0.15) is 0 Å². The summed E-state index contributed by atoms with van der Waals surface area (Å²) in [6, 6.07) is 7.71. The van der Waals surface area contributed by atoms with Crippen LogP contribution in [0.3, 0.4) is 0 Å². The van der Waals surface area contributed by atoms with Gasteiger partial charge in [0, 0.05) is 19.4 Å². The standard InChI is InChI=1S/C12H14N2O3/c13-10(15)11(16)14-7-12(17)5-8-3-1-2-4-9(8)6-12/h1-4,17H,5-7H2,(H2,13,15)(H,14,16). The van der Waals surface area contributed by atoms with Crippen molar-refractivity contribution in [3.8, 4) is 0 Å². The Morgan fingerprint density at radius 1 is 1.29 bits per heavy atom. The van der Waals surface area contributed by atoms with E-state index < -0.39 is 17.4 Å². The van der Waals surface area contributed by atoms with Crippen LogP contribution in [0.2, 0.25) is 0 Å². The minimum Gasteiger partial charge on any atom is -0.387 e. The number of fused-ring (bicyclic) bond motifs is 1. The lowest BCUT2D eigenvalue weighted by Crippen LogP contribution is -2.47. The zero-order chi connectivity index (χ0) is 12.5. The maximum Gasteiger partial charge on any atom is 0.309 e. The van der Waals surface area contributed by atoms with Gasteiger partial charge in [0.2, 0.25) is 0 Å². The summed E-state index contributed by atoms with van der Waals surface area (Å²) in [4.78, 5) is 21.6. The first-order valence-corrected chi connectivity index (χ1v) is 5.37. The lowest BCUT2D eigenvalue weighted by Gasteiger charge is -2.22. The van der Waals surface area contributed by atoms with Gasteiger partial charge in [0.15, 0.2) is 0 Å². The second-order valence-corrected chi connectivity index (χ2v) is 4.39. The van der Waals surface area contributed by atoms with Crippen LogP contribution >= 0.6 is 0 Å². The van der Waals surface area contributed by atoms with Crippen LogP contribution in [0.1, 0.15) is 11.1 Å². The van der Waals surface area contributed by atoms with E-state index in [2.05, 4.69) is 5.32 Å². The average molecular weight is 234 g/mol. The molecule has 1 aromatic rings. The fourth-order valence-electron chi connectivity index (χ4n) is 2.13. The number of rotatable bonds is 2. The van der Waals surface area contributed by atoms with E-state index in [-0.39, 0.29) is 6.54 Å². The van der Waals surface area contributed by atoms with Crippen molar-refractivity contribution in [3.05, 3.63) is 35.4 Å². The number of amides is 2. The smallest absolute Gasteiger partial charge is 0.309 e. The lowest BCUT2D eigenvalue weighted by molar-refractivity contribution is -0.137. The second kappa shape index (κ2) is 4.18. The number of benzene rings is 1. The molecule has 0 heterocycles. The van der Waals surface area contributed by atoms with Gasteiger partial charge in [0.25, 0.3) is 0 Å². The Labute approximate surface area is 98.6 Å². The Kier molecular flexibility index (Phi) is 2.85. The van der Waals surface area contributed by atoms with Gasteiger partial charge >= 0.3 is 11.8 Å². The Morgan fingerprint density at radius 2 is 1.82 bits per heavy atom. The van der Waals surface area contributed by atoms with Crippen molar-refractivity contribution in [1.29, 1.82) is 0 Å². The molecule has 0 saturated carbocycles. The normalized spacial score (nSPS) is 16.3. The zero-order valence-corrected chi connectivity index (χ0v) is 9.27. The summed E-state index contributed by atoms with van der Waals surface area (Å²) >= 11 is 0. The first kappa shape index (κ1) is 11.6. The number of nitrogens with one attached hydrogen (secondary N) is 1. The van der Waals surface area contributed by atoms with Crippen molar-refractivity contribution in [2.75, 3.05) is 6.54 Å². The molecular weight excluding hydrogens is 220 g/mol. The van der Waals surface area contributed by atoms with Crippen LogP contribution in [0.15, 0.2) is 24.3 Å². The number of carbonyl (C=O) groups is 2. The molecule has 2 amide bonds. The van der Waals surface area contributed by atoms with Crippen molar-refractivity contribution in [3.63, 3.8) is 0 Å². The third kappa shape index (κ3) is 2.45. The van der Waals surface area contributed by atoms with Gasteiger partial charge in [-0.3, -0.25) is 9.59 Å². The van der Waals surface area contributed by atoms with Crippen molar-refractivity contribution in [2.24, 2.45) is 5.73 Å². The van der Waals surface area contributed by atoms with Crippen LogP contribution in [-0.2, 0) is 22.4 Å². The highest BCUT2D eigenvalue weighted by Crippen LogP contribution is 2.29. The molecule has 5 heteroatoms. The zero-order valence-electron chi connectivity index (χ0n) is 9.27. The predicted molar refractivity (Wildman–Crippen MR) is 61.0 cm³/mol. The molecule has 0 spiro atoms. The highest BCUT2D eigenvalue weighted by molar-refractivity contribution is 6.34. The molecule has 1 aromatic carbocycles. The van der Waals surface area contributed by atoms with E-state index in [1.54, 1.807) is 0 Å². The molecule has 0 atom stereocenters. The molecule has 0 saturated heterocycles. The van der Waals surface area contributed by atoms with Crippen molar-refractivity contribution >= 4 is 11.8 Å². The molecule has 0 radical (unpaired) electrons. The molecule has 0 bridgehead atoms. The summed E-state index contributed by atoms with van der Waals surface area (Å²) in [6.07, 6.45) is 0.949. The highest BCUT2D eigenvalue weighted by Gasteiger charge is 2.35. The SMILES string of the molecule is NC(=O)C(=O)NCC1(O)Cc2ccccc2C1. The molecule has 5 nitrogen and oxygen atoms in total. The highest BCUT2D eigenvalue weighted by atomic mass is 16.3. The van der Waals surface area contributed by atoms with Gasteiger partial charge in [-0.1, -0.05) is 24.3 Å². The average Bonchev–Trinajstić information content (AvgIpc) is 2.62. The van der Waals surface area contributed by atoms with E-state index in [1.165, 1.54) is 0 Å². The van der Waals surface area contributed by atoms with Gasteiger partial charge in [-0.2, -0.15) is 0 Å². The summed E-state index contributed by atoms with van der Waals surface area (Å²) in [5, 5.41) is 12.6. The van der Waals surface area contributed by atoms with E-state index in [0.717, 1.165) is 11.1 Å². The molecule has 17 heavy (non-hydrogen) atoms. The Balaban J connectivity index is 2.00. The number of carbonyl (C=O) groups excluding carboxylic acids is 2. The summed E-state index contributed by atoms with van der Waals surface area (Å²) in [7, 11) is 0. The van der Waals surface area contributed by atoms with Crippen LogP contribution in [0, 0.1) is 0 Å². The maximum absolute atomic E-state index is 11.0. The first-order valence-electron chi connectivity index (χ1n) is 5.37. The van der Waals surface area contributed by atoms with Crippen LogP contribution < -0.4 is 11.1 Å². The fraction of sp³-hybridized carbons (Fsp3) is 0.333. The maximum atomic E-state index is 11.0. The Morgan fingerprint density at radius 3 is 2.29 bits per heavy atom. The molecule has 0 unspecified atom stereocenters. The van der Waals surface area contributed by atoms with E-state index in [4.69, 9.17) is 5.73 Å². The third-order valence-corrected chi connectivity index (χ3v) is 2.96. The predicted octanol–water partition coefficient (Wildman–Crippen LogP) is -0.882. The summed E-state index contributed by atoms with van der Waals surface area (Å²) in [6.45, 7) is 0.0312. The summed E-state index contributed by atoms with van der Waals surface area (Å²) in [5.74, 6) is -1.90. The fourth-order valence-corrected chi connectivity index (χ4v) is 2.13. The van der Waals surface area contributed by atoms with E-state index in [9.17, 15) is 14.7 Å². The van der Waals surface area contributed by atoms with Gasteiger partial charge in [-0.05, 0) is 11.1 Å². The van der Waals surface area contributed by atoms with Crippen LogP contribution in [0.4, 0.5) is 0 Å². The minimum atomic E-state index is -1.04. The molecule has 2 rings (SSSR count). The van der Waals surface area contributed by atoms with Crippen molar-refractivity contribution in [2.45, 2.75) is 18.4 Å². The van der Waals surface area contributed by atoms with Crippen LogP contribution in [0.25, 0.3) is 0 Å². The van der Waals surface area contributed by atoms with Crippen molar-refractivity contribution < 1.29 is 14.7 Å². The summed E-state index contributed by atoms with van der Waals surface area (Å²) in [5.41, 5.74) is 5.94. The van der Waals surface area contributed by atoms with Gasteiger partial charge in [-0.15, -0.1) is 0 Å². The summed E-state index contributed by atoms with van der Waals surface area (Å²) < 4.78 is 0. The third-order valence-electron chi connectivity index (χ3n) is 2.96. The van der Waals surface area contributed by atoms with Gasteiger partial charge in [-0.25, -0.2) is 0 Å². The molecule has 90 valence electrons. The molecule has 4 N–H and O–H groups in total. The van der Waals surface area contributed by atoms with Crippen LogP contribution in [-0.4, -0.2) is 29.1 Å². The van der Waals surface area contributed by atoms with Crippen molar-refractivity contribution in [1.82, 2.24) is 5.32 Å². The van der Waals surface area contributed by atoms with E-state index >= 15 is 0 Å². The molecule has 0 aliphatic heterocycles. The monoisotopic (exact) mass is 234 g/mol. The van der Waals surface area contributed by atoms with Gasteiger partial charge in [0.05, 0.1) is 5.60 Å². The Hall–Kier alpha value is -1.88. The molecule has 1 aliphatic carbocycles. The molecular formula is C12H14N2O3. The second-order valence-electron chi connectivity index (χ2n) is 4.39. The number of aliphatic hydroxyl groups is 1. The van der Waals surface area contributed by atoms with E-state index in [1.807, 2.05) is 24.3 Å². The topological polar surface area (TPSA) is 92.4 Å². The number of hydrogen-bond acceptors (Lipinski definition) is 3. The lowest BCUT2D eigenvalue weighted by atomic mass is 10.0. The van der Waals surface area contributed by atoms with E-state index in [0.29, 0.717) is 12.8 Å². The number of hydrogen-bond donors (Lipinski definition) is 3. The quantitative estimate of drug-likeness (QED) is 0.580. The van der Waals surface area contributed by atoms with Gasteiger partial charge < -0.3 is 16.2 Å². The van der Waals surface area contributed by atoms with Crippen LogP contribution in [0.5, 0.6) is 0 Å². The largest absolute Gasteiger partial charge is 0.387 e. The number of nitrogens with two attached hydrogens (primary N) is 1. The number of primary amides is 1. The molecule has 0 aromatic heterocycles. The first-order chi connectivity index (χ1) is 8.00. The molecule has 1 aliphatic rings.